The van der Waals surface area contributed by atoms with Crippen molar-refractivity contribution in [1.82, 2.24) is 20.4 Å². The van der Waals surface area contributed by atoms with Crippen molar-refractivity contribution in [3.63, 3.8) is 0 Å². The van der Waals surface area contributed by atoms with Crippen molar-refractivity contribution in [3.05, 3.63) is 0 Å². The number of amides is 1. The average molecular weight is 511 g/mol. The van der Waals surface area contributed by atoms with E-state index in [0.717, 1.165) is 38.4 Å². The number of carbonyl (C=O) groups is 1. The van der Waals surface area contributed by atoms with E-state index in [9.17, 15) is 4.79 Å². The third-order valence-electron chi connectivity index (χ3n) is 4.49. The van der Waals surface area contributed by atoms with Gasteiger partial charge in [-0.3, -0.25) is 4.99 Å². The second kappa shape index (κ2) is 14.3. The van der Waals surface area contributed by atoms with E-state index in [4.69, 9.17) is 4.74 Å². The number of guanidine groups is 1. The van der Waals surface area contributed by atoms with E-state index in [-0.39, 0.29) is 30.1 Å². The minimum atomic E-state index is -0.475. The van der Waals surface area contributed by atoms with Crippen molar-refractivity contribution in [2.75, 3.05) is 45.8 Å². The predicted octanol–water partition coefficient (Wildman–Crippen LogP) is 3.29. The van der Waals surface area contributed by atoms with Crippen LogP contribution in [0.15, 0.2) is 4.99 Å². The third kappa shape index (κ3) is 11.3. The summed E-state index contributed by atoms with van der Waals surface area (Å²) in [4.78, 5) is 21.1. The number of hydrogen-bond acceptors (Lipinski definition) is 4. The molecular formula is C20H42IN5O2. The predicted molar refractivity (Wildman–Crippen MR) is 128 cm³/mol. The van der Waals surface area contributed by atoms with Gasteiger partial charge in [-0.05, 0) is 60.4 Å². The molecule has 0 spiro atoms. The molecule has 1 amide bonds. The van der Waals surface area contributed by atoms with E-state index in [1.54, 1.807) is 4.90 Å². The maximum atomic E-state index is 12.2. The molecule has 0 unspecified atom stereocenters. The molecule has 0 aromatic rings. The van der Waals surface area contributed by atoms with E-state index >= 15 is 0 Å². The maximum Gasteiger partial charge on any atom is 0.410 e. The molecule has 1 fully saturated rings. The van der Waals surface area contributed by atoms with Gasteiger partial charge in [-0.25, -0.2) is 4.79 Å². The van der Waals surface area contributed by atoms with Crippen LogP contribution in [0.1, 0.15) is 60.8 Å². The Morgan fingerprint density at radius 3 is 2.36 bits per heavy atom. The fourth-order valence-corrected chi connectivity index (χ4v) is 3.12. The smallest absolute Gasteiger partial charge is 0.410 e. The number of hydrogen-bond donors (Lipinski definition) is 2. The minimum absolute atomic E-state index is 0. The number of likely N-dealkylation sites (N-methyl/N-ethyl adjacent to an activating group) is 1. The van der Waals surface area contributed by atoms with Gasteiger partial charge in [0, 0.05) is 38.8 Å². The molecule has 0 radical (unpaired) electrons. The molecule has 1 aliphatic rings. The summed E-state index contributed by atoms with van der Waals surface area (Å²) in [7, 11) is 0. The molecule has 28 heavy (non-hydrogen) atoms. The maximum absolute atomic E-state index is 12.2. The second-order valence-electron chi connectivity index (χ2n) is 8.08. The van der Waals surface area contributed by atoms with Gasteiger partial charge in [-0.2, -0.15) is 0 Å². The SMILES string of the molecule is CCCN1CCC(NC(=NCCN(CC)C(=O)OC(C)(C)C)NCC)CC1.I. The molecule has 166 valence electrons. The summed E-state index contributed by atoms with van der Waals surface area (Å²) in [5, 5.41) is 6.87. The minimum Gasteiger partial charge on any atom is -0.444 e. The largest absolute Gasteiger partial charge is 0.444 e. The molecule has 1 rings (SSSR count). The third-order valence-corrected chi connectivity index (χ3v) is 4.49. The molecule has 1 aliphatic heterocycles. The number of nitrogens with zero attached hydrogens (tertiary/aromatic N) is 3. The van der Waals surface area contributed by atoms with Crippen LogP contribution in [0.25, 0.3) is 0 Å². The van der Waals surface area contributed by atoms with Crippen LogP contribution in [0.2, 0.25) is 0 Å². The van der Waals surface area contributed by atoms with Crippen molar-refractivity contribution in [3.8, 4) is 0 Å². The summed E-state index contributed by atoms with van der Waals surface area (Å²) < 4.78 is 5.45. The highest BCUT2D eigenvalue weighted by Crippen LogP contribution is 2.11. The van der Waals surface area contributed by atoms with Crippen molar-refractivity contribution < 1.29 is 9.53 Å². The molecule has 2 N–H and O–H groups in total. The summed E-state index contributed by atoms with van der Waals surface area (Å²) in [6, 6.07) is 0.462. The van der Waals surface area contributed by atoms with Crippen molar-refractivity contribution in [2.24, 2.45) is 4.99 Å². The van der Waals surface area contributed by atoms with Gasteiger partial charge < -0.3 is 25.2 Å². The second-order valence-corrected chi connectivity index (χ2v) is 8.08. The number of nitrogens with one attached hydrogen (secondary N) is 2. The Bertz CT molecular complexity index is 460. The number of halogens is 1. The number of piperidine rings is 1. The number of ether oxygens (including phenoxy) is 1. The molecule has 0 saturated carbocycles. The van der Waals surface area contributed by atoms with Gasteiger partial charge >= 0.3 is 6.09 Å². The highest BCUT2D eigenvalue weighted by atomic mass is 127. The quantitative estimate of drug-likeness (QED) is 0.298. The Labute approximate surface area is 189 Å². The molecule has 0 aromatic carbocycles. The van der Waals surface area contributed by atoms with Crippen molar-refractivity contribution >= 4 is 36.0 Å². The lowest BCUT2D eigenvalue weighted by atomic mass is 10.1. The molecule has 8 heteroatoms. The molecule has 0 bridgehead atoms. The van der Waals surface area contributed by atoms with E-state index in [0.29, 0.717) is 25.7 Å². The van der Waals surface area contributed by atoms with Gasteiger partial charge in [0.25, 0.3) is 0 Å². The lowest BCUT2D eigenvalue weighted by Gasteiger charge is -2.32. The van der Waals surface area contributed by atoms with Gasteiger partial charge in [-0.15, -0.1) is 24.0 Å². The molecule has 0 aromatic heterocycles. The Balaban J connectivity index is 0.00000729. The molecule has 1 saturated heterocycles. The van der Waals surface area contributed by atoms with Crippen LogP contribution in [0.4, 0.5) is 4.79 Å². The molecule has 1 heterocycles. The summed E-state index contributed by atoms with van der Waals surface area (Å²) >= 11 is 0. The Morgan fingerprint density at radius 1 is 1.21 bits per heavy atom. The molecular weight excluding hydrogens is 469 g/mol. The zero-order valence-corrected chi connectivity index (χ0v) is 21.0. The van der Waals surface area contributed by atoms with Crippen LogP contribution in [0.3, 0.4) is 0 Å². The zero-order valence-electron chi connectivity index (χ0n) is 18.7. The lowest BCUT2D eigenvalue weighted by Crippen LogP contribution is -2.49. The first kappa shape index (κ1) is 27.2. The fourth-order valence-electron chi connectivity index (χ4n) is 3.12. The number of carbonyl (C=O) groups excluding carboxylic acids is 1. The Kier molecular flexibility index (Phi) is 13.9. The van der Waals surface area contributed by atoms with Gasteiger partial charge in [0.2, 0.25) is 0 Å². The number of rotatable bonds is 8. The van der Waals surface area contributed by atoms with Gasteiger partial charge in [0.1, 0.15) is 5.60 Å². The number of aliphatic imine (C=N–C) groups is 1. The van der Waals surface area contributed by atoms with E-state index in [1.807, 2.05) is 27.7 Å². The topological polar surface area (TPSA) is 69.2 Å². The van der Waals surface area contributed by atoms with Crippen LogP contribution in [0.5, 0.6) is 0 Å². The molecule has 0 atom stereocenters. The van der Waals surface area contributed by atoms with Gasteiger partial charge in [-0.1, -0.05) is 6.92 Å². The average Bonchev–Trinajstić information content (AvgIpc) is 2.59. The summed E-state index contributed by atoms with van der Waals surface area (Å²) in [5.74, 6) is 0.840. The van der Waals surface area contributed by atoms with Crippen LogP contribution in [-0.4, -0.2) is 79.3 Å². The first-order valence-electron chi connectivity index (χ1n) is 10.5. The van der Waals surface area contributed by atoms with Crippen LogP contribution < -0.4 is 10.6 Å². The van der Waals surface area contributed by atoms with Gasteiger partial charge in [0.15, 0.2) is 5.96 Å². The molecule has 0 aliphatic carbocycles. The first-order chi connectivity index (χ1) is 12.8. The highest BCUT2D eigenvalue weighted by molar-refractivity contribution is 14.0. The van der Waals surface area contributed by atoms with Crippen LogP contribution >= 0.6 is 24.0 Å². The summed E-state index contributed by atoms with van der Waals surface area (Å²) in [6.07, 6.45) is 3.22. The fraction of sp³-hybridized carbons (Fsp3) is 0.900. The monoisotopic (exact) mass is 511 g/mol. The van der Waals surface area contributed by atoms with Crippen LogP contribution in [-0.2, 0) is 4.74 Å². The van der Waals surface area contributed by atoms with E-state index < -0.39 is 5.60 Å². The Hall–Kier alpha value is -0.770. The zero-order chi connectivity index (χ0) is 20.3. The first-order valence-corrected chi connectivity index (χ1v) is 10.5. The van der Waals surface area contributed by atoms with Crippen molar-refractivity contribution in [2.45, 2.75) is 72.4 Å². The number of likely N-dealkylation sites (tertiary alicyclic amines) is 1. The standard InChI is InChI=1S/C20H41N5O2.HI/c1-7-13-24-14-10-17(11-15-24)23-18(21-8-2)22-12-16-25(9-3)19(26)27-20(4,5)6;/h17H,7-16H2,1-6H3,(H2,21,22,23);1H. The van der Waals surface area contributed by atoms with Crippen molar-refractivity contribution in [1.29, 1.82) is 0 Å². The summed E-state index contributed by atoms with van der Waals surface area (Å²) in [6.45, 7) is 17.9. The van der Waals surface area contributed by atoms with Gasteiger partial charge in [0.05, 0.1) is 6.54 Å². The Morgan fingerprint density at radius 2 is 1.86 bits per heavy atom. The normalized spacial score (nSPS) is 16.3. The lowest BCUT2D eigenvalue weighted by molar-refractivity contribution is 0.0266. The van der Waals surface area contributed by atoms with Crippen LogP contribution in [0, 0.1) is 0 Å². The van der Waals surface area contributed by atoms with E-state index in [2.05, 4.69) is 34.4 Å². The van der Waals surface area contributed by atoms with E-state index in [1.165, 1.54) is 13.0 Å². The molecule has 7 nitrogen and oxygen atoms in total. The highest BCUT2D eigenvalue weighted by Gasteiger charge is 2.21. The summed E-state index contributed by atoms with van der Waals surface area (Å²) in [5.41, 5.74) is -0.475.